The Labute approximate surface area is 164 Å². The largest absolute Gasteiger partial charge is 0.573 e. The second kappa shape index (κ2) is 8.82. The monoisotopic (exact) mass is 408 g/mol. The van der Waals surface area contributed by atoms with Crippen LogP contribution in [-0.4, -0.2) is 34.1 Å². The van der Waals surface area contributed by atoms with Gasteiger partial charge in [-0.05, 0) is 31.2 Å². The maximum absolute atomic E-state index is 12.5. The van der Waals surface area contributed by atoms with Gasteiger partial charge < -0.3 is 24.9 Å². The van der Waals surface area contributed by atoms with Gasteiger partial charge in [-0.2, -0.15) is 4.98 Å². The molecule has 3 N–H and O–H groups in total. The van der Waals surface area contributed by atoms with Gasteiger partial charge in [-0.25, -0.2) is 4.98 Å². The molecule has 2 heterocycles. The molecule has 0 saturated heterocycles. The van der Waals surface area contributed by atoms with Crippen molar-refractivity contribution in [3.63, 3.8) is 0 Å². The van der Waals surface area contributed by atoms with Gasteiger partial charge in [-0.15, -0.1) is 13.2 Å². The number of nitrogens with zero attached hydrogens (tertiary/aromatic N) is 2. The normalized spacial score (nSPS) is 12.4. The summed E-state index contributed by atoms with van der Waals surface area (Å²) in [5, 5.41) is 15.3. The van der Waals surface area contributed by atoms with Gasteiger partial charge in [0, 0.05) is 17.7 Å². The van der Waals surface area contributed by atoms with Crippen molar-refractivity contribution in [2.75, 3.05) is 17.2 Å². The summed E-state index contributed by atoms with van der Waals surface area (Å²) in [7, 11) is 0. The number of benzene rings is 1. The summed E-state index contributed by atoms with van der Waals surface area (Å²) in [6.45, 7) is 1.96. The van der Waals surface area contributed by atoms with Crippen LogP contribution >= 0.6 is 0 Å². The highest BCUT2D eigenvalue weighted by Crippen LogP contribution is 2.28. The van der Waals surface area contributed by atoms with Crippen LogP contribution in [0.1, 0.15) is 12.7 Å². The quantitative estimate of drug-likeness (QED) is 0.518. The highest BCUT2D eigenvalue weighted by molar-refractivity contribution is 5.66. The third-order valence-corrected chi connectivity index (χ3v) is 3.76. The van der Waals surface area contributed by atoms with E-state index < -0.39 is 6.36 Å². The molecule has 0 aliphatic rings. The smallest absolute Gasteiger partial charge is 0.467 e. The van der Waals surface area contributed by atoms with Crippen molar-refractivity contribution in [1.82, 2.24) is 9.97 Å². The van der Waals surface area contributed by atoms with E-state index in [9.17, 15) is 18.3 Å². The number of ether oxygens (including phenoxy) is 1. The van der Waals surface area contributed by atoms with Crippen LogP contribution in [0.5, 0.6) is 5.75 Å². The molecule has 1 aromatic carbocycles. The lowest BCUT2D eigenvalue weighted by molar-refractivity contribution is -0.274. The zero-order valence-electron chi connectivity index (χ0n) is 15.4. The maximum atomic E-state index is 12.5. The Hall–Kier alpha value is -3.27. The lowest BCUT2D eigenvalue weighted by Gasteiger charge is -2.14. The number of aliphatic hydroxyl groups excluding tert-OH is 1. The molecule has 0 bridgehead atoms. The van der Waals surface area contributed by atoms with Crippen molar-refractivity contribution < 1.29 is 27.4 Å². The lowest BCUT2D eigenvalue weighted by Crippen LogP contribution is -2.21. The minimum atomic E-state index is -4.79. The van der Waals surface area contributed by atoms with E-state index in [4.69, 9.17) is 4.42 Å². The summed E-state index contributed by atoms with van der Waals surface area (Å²) in [6.07, 6.45) is -3.24. The molecule has 3 rings (SSSR count). The van der Waals surface area contributed by atoms with E-state index in [0.29, 0.717) is 29.4 Å². The van der Waals surface area contributed by atoms with E-state index in [2.05, 4.69) is 25.3 Å². The molecular weight excluding hydrogens is 389 g/mol. The fourth-order valence-electron chi connectivity index (χ4n) is 2.46. The highest BCUT2D eigenvalue weighted by Gasteiger charge is 2.31. The summed E-state index contributed by atoms with van der Waals surface area (Å²) in [4.78, 5) is 8.67. The topological polar surface area (TPSA) is 92.4 Å². The predicted octanol–water partition coefficient (Wildman–Crippen LogP) is 4.04. The number of furan rings is 1. The Balaban J connectivity index is 1.90. The van der Waals surface area contributed by atoms with Crippen LogP contribution < -0.4 is 15.4 Å². The number of nitrogens with one attached hydrogen (secondary N) is 2. The number of aliphatic hydroxyl groups is 1. The second-order valence-electron chi connectivity index (χ2n) is 6.20. The minimum absolute atomic E-state index is 0.141. The summed E-state index contributed by atoms with van der Waals surface area (Å²) >= 11 is 0. The van der Waals surface area contributed by atoms with Gasteiger partial charge in [0.2, 0.25) is 5.95 Å². The molecular formula is C19H19F3N4O3. The van der Waals surface area contributed by atoms with Crippen molar-refractivity contribution in [2.45, 2.75) is 25.9 Å². The van der Waals surface area contributed by atoms with Gasteiger partial charge >= 0.3 is 6.36 Å². The van der Waals surface area contributed by atoms with E-state index >= 15 is 0 Å². The zero-order chi connectivity index (χ0) is 20.9. The van der Waals surface area contributed by atoms with Gasteiger partial charge in [0.25, 0.3) is 0 Å². The fourth-order valence-corrected chi connectivity index (χ4v) is 2.46. The standard InChI is InChI=1S/C19H19F3N4O3/c1-12(11-27)24-18-25-16(9-17(26-18)23-10-15-6-3-7-28-15)13-4-2-5-14(8-13)29-19(20,21)22/h2-9,12,27H,10-11H2,1H3,(H2,23,24,25,26)/t12-/m0/s1. The molecule has 0 spiro atoms. The molecule has 2 aromatic heterocycles. The summed E-state index contributed by atoms with van der Waals surface area (Å²) in [5.41, 5.74) is 0.789. The minimum Gasteiger partial charge on any atom is -0.467 e. The van der Waals surface area contributed by atoms with Crippen molar-refractivity contribution in [2.24, 2.45) is 0 Å². The van der Waals surface area contributed by atoms with Crippen molar-refractivity contribution >= 4 is 11.8 Å². The number of hydrogen-bond donors (Lipinski definition) is 3. The van der Waals surface area contributed by atoms with Gasteiger partial charge in [0.1, 0.15) is 17.3 Å². The fraction of sp³-hybridized carbons (Fsp3) is 0.263. The van der Waals surface area contributed by atoms with Crippen LogP contribution in [-0.2, 0) is 6.54 Å². The molecule has 10 heteroatoms. The van der Waals surface area contributed by atoms with Gasteiger partial charge in [0.05, 0.1) is 25.1 Å². The average Bonchev–Trinajstić information content (AvgIpc) is 3.18. The molecule has 0 aliphatic carbocycles. The second-order valence-corrected chi connectivity index (χ2v) is 6.20. The van der Waals surface area contributed by atoms with Crippen molar-refractivity contribution in [1.29, 1.82) is 0 Å². The Bertz CT molecular complexity index is 933. The Kier molecular flexibility index (Phi) is 6.23. The molecule has 7 nitrogen and oxygen atoms in total. The molecule has 0 amide bonds. The molecule has 0 radical (unpaired) electrons. The molecule has 1 atom stereocenters. The predicted molar refractivity (Wildman–Crippen MR) is 100 cm³/mol. The zero-order valence-corrected chi connectivity index (χ0v) is 15.4. The van der Waals surface area contributed by atoms with Crippen LogP contribution in [0.25, 0.3) is 11.3 Å². The number of alkyl halides is 3. The molecule has 29 heavy (non-hydrogen) atoms. The van der Waals surface area contributed by atoms with Gasteiger partial charge in [-0.1, -0.05) is 12.1 Å². The number of anilines is 2. The van der Waals surface area contributed by atoms with Crippen molar-refractivity contribution in [3.05, 3.63) is 54.5 Å². The van der Waals surface area contributed by atoms with Crippen molar-refractivity contribution in [3.8, 4) is 17.0 Å². The summed E-state index contributed by atoms with van der Waals surface area (Å²) in [5.74, 6) is 0.982. The average molecular weight is 408 g/mol. The Morgan fingerprint density at radius 2 is 2.00 bits per heavy atom. The van der Waals surface area contributed by atoms with E-state index in [1.54, 1.807) is 37.5 Å². The molecule has 0 unspecified atom stereocenters. The van der Waals surface area contributed by atoms with Crippen LogP contribution in [0.2, 0.25) is 0 Å². The first-order valence-corrected chi connectivity index (χ1v) is 8.71. The lowest BCUT2D eigenvalue weighted by atomic mass is 10.1. The van der Waals surface area contributed by atoms with Crippen LogP contribution in [0.4, 0.5) is 24.9 Å². The first-order valence-electron chi connectivity index (χ1n) is 8.71. The van der Waals surface area contributed by atoms with E-state index in [0.717, 1.165) is 0 Å². The SMILES string of the molecule is C[C@@H](CO)Nc1nc(NCc2ccco2)cc(-c2cccc(OC(F)(F)F)c2)n1. The van der Waals surface area contributed by atoms with Crippen LogP contribution in [0, 0.1) is 0 Å². The Morgan fingerprint density at radius 3 is 2.69 bits per heavy atom. The third-order valence-electron chi connectivity index (χ3n) is 3.76. The van der Waals surface area contributed by atoms with Crippen LogP contribution in [0.15, 0.2) is 53.1 Å². The molecule has 154 valence electrons. The molecule has 0 fully saturated rings. The van der Waals surface area contributed by atoms with Gasteiger partial charge in [-0.3, -0.25) is 0 Å². The van der Waals surface area contributed by atoms with Crippen LogP contribution in [0.3, 0.4) is 0 Å². The van der Waals surface area contributed by atoms with E-state index in [1.807, 2.05) is 0 Å². The first kappa shape index (κ1) is 20.5. The number of rotatable bonds is 8. The summed E-state index contributed by atoms with van der Waals surface area (Å²) < 4.78 is 46.8. The summed E-state index contributed by atoms with van der Waals surface area (Å²) in [6, 6.07) is 10.3. The molecule has 0 saturated carbocycles. The maximum Gasteiger partial charge on any atom is 0.573 e. The van der Waals surface area contributed by atoms with E-state index in [-0.39, 0.29) is 24.3 Å². The number of aromatic nitrogens is 2. The Morgan fingerprint density at radius 1 is 1.17 bits per heavy atom. The van der Waals surface area contributed by atoms with Gasteiger partial charge in [0.15, 0.2) is 0 Å². The number of halogens is 3. The molecule has 3 aromatic rings. The molecule has 0 aliphatic heterocycles. The highest BCUT2D eigenvalue weighted by atomic mass is 19.4. The first-order chi connectivity index (χ1) is 13.8. The van der Waals surface area contributed by atoms with E-state index in [1.165, 1.54) is 18.2 Å². The number of hydrogen-bond acceptors (Lipinski definition) is 7. The third kappa shape index (κ3) is 6.11.